The Kier molecular flexibility index (Phi) is 2.39. The number of rotatable bonds is 1. The highest BCUT2D eigenvalue weighted by Gasteiger charge is 2.25. The Bertz CT molecular complexity index is 522. The number of aromatic amines is 2. The van der Waals surface area contributed by atoms with Crippen molar-refractivity contribution in [3.05, 3.63) is 33.5 Å². The van der Waals surface area contributed by atoms with Crippen molar-refractivity contribution < 1.29 is 4.79 Å². The van der Waals surface area contributed by atoms with Crippen LogP contribution in [0.15, 0.2) is 22.1 Å². The third kappa shape index (κ3) is 2.05. The predicted octanol–water partition coefficient (Wildman–Crippen LogP) is 1.03. The van der Waals surface area contributed by atoms with Gasteiger partial charge in [-0.1, -0.05) is 11.1 Å². The Morgan fingerprint density at radius 3 is 2.29 bits per heavy atom. The minimum Gasteiger partial charge on any atom is -0.337 e. The minimum absolute atomic E-state index is 0.0804. The molecule has 1 amide bonds. The molecule has 2 N–H and O–H groups in total. The largest absolute Gasteiger partial charge is 0.337 e. The molecule has 1 aliphatic heterocycles. The number of carbonyl (C=O) groups excluding carboxylic acids is 1. The number of aromatic nitrogens is 2. The third-order valence-electron chi connectivity index (χ3n) is 3.48. The first-order chi connectivity index (χ1) is 8.24. The zero-order valence-corrected chi connectivity index (χ0v) is 9.58. The number of allylic oxidation sites excluding steroid dienone is 1. The van der Waals surface area contributed by atoms with Crippen molar-refractivity contribution >= 4 is 5.91 Å². The maximum Gasteiger partial charge on any atom is 0.323 e. The molecule has 1 aromatic rings. The van der Waals surface area contributed by atoms with Crippen LogP contribution in [0.4, 0.5) is 0 Å². The zero-order valence-electron chi connectivity index (χ0n) is 9.58. The molecule has 0 aromatic carbocycles. The lowest BCUT2D eigenvalue weighted by Gasteiger charge is -2.28. The fourth-order valence-corrected chi connectivity index (χ4v) is 2.37. The van der Waals surface area contributed by atoms with Crippen LogP contribution in [-0.2, 0) is 0 Å². The number of amides is 1. The van der Waals surface area contributed by atoms with Crippen molar-refractivity contribution in [1.29, 1.82) is 0 Å². The lowest BCUT2D eigenvalue weighted by atomic mass is 10.0. The summed E-state index contributed by atoms with van der Waals surface area (Å²) in [6, 6.07) is 0. The molecule has 5 heteroatoms. The maximum absolute atomic E-state index is 12.0. The van der Waals surface area contributed by atoms with Gasteiger partial charge < -0.3 is 14.9 Å². The number of piperidine rings is 1. The van der Waals surface area contributed by atoms with Gasteiger partial charge in [0.05, 0.1) is 0 Å². The third-order valence-corrected chi connectivity index (χ3v) is 3.48. The molecule has 2 aliphatic rings. The van der Waals surface area contributed by atoms with Gasteiger partial charge in [0.25, 0.3) is 5.91 Å². The number of hydrogen-bond donors (Lipinski definition) is 2. The van der Waals surface area contributed by atoms with Gasteiger partial charge in [0, 0.05) is 19.3 Å². The molecule has 0 bridgehead atoms. The number of hydrogen-bond acceptors (Lipinski definition) is 2. The number of nitrogens with zero attached hydrogens (tertiary/aromatic N) is 1. The Morgan fingerprint density at radius 1 is 1.12 bits per heavy atom. The van der Waals surface area contributed by atoms with E-state index in [-0.39, 0.29) is 11.6 Å². The second-order valence-corrected chi connectivity index (χ2v) is 4.66. The van der Waals surface area contributed by atoms with Crippen LogP contribution in [0.3, 0.4) is 0 Å². The van der Waals surface area contributed by atoms with E-state index < -0.39 is 0 Å². The first kappa shape index (κ1) is 10.4. The minimum atomic E-state index is -0.328. The molecule has 2 fully saturated rings. The molecule has 1 saturated carbocycles. The van der Waals surface area contributed by atoms with Crippen molar-refractivity contribution in [2.24, 2.45) is 0 Å². The first-order valence-corrected chi connectivity index (χ1v) is 6.01. The van der Waals surface area contributed by atoms with Gasteiger partial charge in [-0.15, -0.1) is 0 Å². The first-order valence-electron chi connectivity index (χ1n) is 6.01. The summed E-state index contributed by atoms with van der Waals surface area (Å²) >= 11 is 0. The Labute approximate surface area is 98.5 Å². The van der Waals surface area contributed by atoms with Gasteiger partial charge in [0.1, 0.15) is 5.69 Å². The highest BCUT2D eigenvalue weighted by Crippen LogP contribution is 2.36. The molecule has 1 aliphatic carbocycles. The standard InChI is InChI=1S/C12H15N3O2/c16-11(10-7-13-12(17)14-10)15-5-3-9(4-6-15)8-1-2-8/h7H,1-6H2,(H2,13,14,17). The molecule has 3 rings (SSSR count). The van der Waals surface area contributed by atoms with Crippen molar-refractivity contribution in [3.8, 4) is 0 Å². The molecular weight excluding hydrogens is 218 g/mol. The van der Waals surface area contributed by atoms with Gasteiger partial charge in [-0.05, 0) is 25.7 Å². The molecule has 2 heterocycles. The number of likely N-dealkylation sites (tertiary alicyclic amines) is 1. The fourth-order valence-electron chi connectivity index (χ4n) is 2.37. The second kappa shape index (κ2) is 3.91. The zero-order chi connectivity index (χ0) is 11.8. The maximum atomic E-state index is 12.0. The summed E-state index contributed by atoms with van der Waals surface area (Å²) < 4.78 is 0. The normalized spacial score (nSPS) is 19.6. The SMILES string of the molecule is O=C(c1c[nH]c(=O)[nH]1)N1CCC(=C2CC2)CC1. The van der Waals surface area contributed by atoms with E-state index in [0.717, 1.165) is 25.9 Å². The number of nitrogens with one attached hydrogen (secondary N) is 2. The van der Waals surface area contributed by atoms with Gasteiger partial charge >= 0.3 is 5.69 Å². The van der Waals surface area contributed by atoms with Gasteiger partial charge in [-0.3, -0.25) is 4.79 Å². The van der Waals surface area contributed by atoms with E-state index in [0.29, 0.717) is 5.69 Å². The van der Waals surface area contributed by atoms with Crippen molar-refractivity contribution in [2.75, 3.05) is 13.1 Å². The number of H-pyrrole nitrogens is 2. The second-order valence-electron chi connectivity index (χ2n) is 4.66. The van der Waals surface area contributed by atoms with E-state index in [4.69, 9.17) is 0 Å². The van der Waals surface area contributed by atoms with Crippen molar-refractivity contribution in [1.82, 2.24) is 14.9 Å². The van der Waals surface area contributed by atoms with Crippen LogP contribution in [0, 0.1) is 0 Å². The molecule has 90 valence electrons. The van der Waals surface area contributed by atoms with E-state index in [9.17, 15) is 9.59 Å². The topological polar surface area (TPSA) is 69.0 Å². The highest BCUT2D eigenvalue weighted by atomic mass is 16.2. The average Bonchev–Trinajstić information content (AvgIpc) is 3.11. The van der Waals surface area contributed by atoms with E-state index in [1.807, 2.05) is 4.90 Å². The van der Waals surface area contributed by atoms with Gasteiger partial charge in [0.2, 0.25) is 0 Å². The van der Waals surface area contributed by atoms with Crippen LogP contribution < -0.4 is 5.69 Å². The van der Waals surface area contributed by atoms with E-state index in [1.54, 1.807) is 11.1 Å². The quantitative estimate of drug-likeness (QED) is 0.711. The van der Waals surface area contributed by atoms with Crippen LogP contribution >= 0.6 is 0 Å². The van der Waals surface area contributed by atoms with Gasteiger partial charge in [0.15, 0.2) is 0 Å². The number of carbonyl (C=O) groups is 1. The summed E-state index contributed by atoms with van der Waals surface area (Å²) in [6.07, 6.45) is 5.95. The predicted molar refractivity (Wildman–Crippen MR) is 62.8 cm³/mol. The summed E-state index contributed by atoms with van der Waals surface area (Å²) in [4.78, 5) is 29.7. The summed E-state index contributed by atoms with van der Waals surface area (Å²) in [5.74, 6) is -0.0804. The van der Waals surface area contributed by atoms with Crippen LogP contribution in [0.25, 0.3) is 0 Å². The summed E-state index contributed by atoms with van der Waals surface area (Å²) in [5.41, 5.74) is 3.19. The average molecular weight is 233 g/mol. The van der Waals surface area contributed by atoms with Crippen molar-refractivity contribution in [3.63, 3.8) is 0 Å². The Morgan fingerprint density at radius 2 is 1.76 bits per heavy atom. The highest BCUT2D eigenvalue weighted by molar-refractivity contribution is 5.92. The fraction of sp³-hybridized carbons (Fsp3) is 0.500. The van der Waals surface area contributed by atoms with Gasteiger partial charge in [-0.2, -0.15) is 0 Å². The van der Waals surface area contributed by atoms with E-state index in [1.165, 1.54) is 19.0 Å². The van der Waals surface area contributed by atoms with Crippen LogP contribution in [0.1, 0.15) is 36.2 Å². The molecule has 17 heavy (non-hydrogen) atoms. The molecular formula is C12H15N3O2. The monoisotopic (exact) mass is 233 g/mol. The Balaban J connectivity index is 1.68. The van der Waals surface area contributed by atoms with E-state index in [2.05, 4.69) is 9.97 Å². The van der Waals surface area contributed by atoms with E-state index >= 15 is 0 Å². The molecule has 1 saturated heterocycles. The lowest BCUT2D eigenvalue weighted by Crippen LogP contribution is -2.36. The van der Waals surface area contributed by atoms with Gasteiger partial charge in [-0.25, -0.2) is 4.79 Å². The molecule has 5 nitrogen and oxygen atoms in total. The lowest BCUT2D eigenvalue weighted by molar-refractivity contribution is 0.0738. The van der Waals surface area contributed by atoms with Crippen LogP contribution in [0.5, 0.6) is 0 Å². The summed E-state index contributed by atoms with van der Waals surface area (Å²) in [6.45, 7) is 1.54. The molecule has 0 radical (unpaired) electrons. The molecule has 0 atom stereocenters. The smallest absolute Gasteiger partial charge is 0.323 e. The van der Waals surface area contributed by atoms with Crippen LogP contribution in [-0.4, -0.2) is 33.9 Å². The Hall–Kier alpha value is -1.78. The molecule has 0 spiro atoms. The molecule has 0 unspecified atom stereocenters. The van der Waals surface area contributed by atoms with Crippen molar-refractivity contribution in [2.45, 2.75) is 25.7 Å². The molecule has 1 aromatic heterocycles. The number of imidazole rings is 1. The summed E-state index contributed by atoms with van der Waals surface area (Å²) in [5, 5.41) is 0. The summed E-state index contributed by atoms with van der Waals surface area (Å²) in [7, 11) is 0. The van der Waals surface area contributed by atoms with Crippen LogP contribution in [0.2, 0.25) is 0 Å².